The third-order valence-electron chi connectivity index (χ3n) is 4.31. The molecule has 6 nitrogen and oxygen atoms in total. The predicted molar refractivity (Wildman–Crippen MR) is 96.9 cm³/mol. The zero-order chi connectivity index (χ0) is 18.7. The average molecular weight is 352 g/mol. The first-order valence-corrected chi connectivity index (χ1v) is 8.40. The molecule has 1 N–H and O–H groups in total. The van der Waals surface area contributed by atoms with Gasteiger partial charge in [0, 0.05) is 32.6 Å². The number of esters is 1. The van der Waals surface area contributed by atoms with E-state index in [1.165, 1.54) is 12.5 Å². The lowest BCUT2D eigenvalue weighted by Crippen LogP contribution is -2.34. The molecule has 0 unspecified atom stereocenters. The topological polar surface area (TPSA) is 75.7 Å². The molecule has 0 aromatic heterocycles. The number of fused-ring (bicyclic) bond motifs is 1. The number of anilines is 1. The lowest BCUT2D eigenvalue weighted by Gasteiger charge is -2.28. The predicted octanol–water partition coefficient (Wildman–Crippen LogP) is 2.77. The number of carbonyl (C=O) groups is 3. The second-order valence-corrected chi connectivity index (χ2v) is 6.22. The Kier molecular flexibility index (Phi) is 5.02. The highest BCUT2D eigenvalue weighted by molar-refractivity contribution is 6.06. The smallest absolute Gasteiger partial charge is 0.308 e. The van der Waals surface area contributed by atoms with E-state index in [2.05, 4.69) is 5.32 Å². The Morgan fingerprint density at radius 2 is 1.81 bits per heavy atom. The van der Waals surface area contributed by atoms with Crippen LogP contribution in [0.5, 0.6) is 5.75 Å². The van der Waals surface area contributed by atoms with Crippen LogP contribution in [0.2, 0.25) is 0 Å². The van der Waals surface area contributed by atoms with Crippen molar-refractivity contribution < 1.29 is 19.1 Å². The van der Waals surface area contributed by atoms with Gasteiger partial charge in [-0.05, 0) is 41.8 Å². The van der Waals surface area contributed by atoms with Gasteiger partial charge < -0.3 is 15.0 Å². The Hall–Kier alpha value is -3.15. The molecular weight excluding hydrogens is 332 g/mol. The maximum atomic E-state index is 12.6. The van der Waals surface area contributed by atoms with Crippen LogP contribution in [0.15, 0.2) is 42.5 Å². The number of hydrogen-bond acceptors (Lipinski definition) is 4. The fourth-order valence-corrected chi connectivity index (χ4v) is 3.00. The Labute approximate surface area is 151 Å². The molecule has 0 saturated carbocycles. The van der Waals surface area contributed by atoms with Crippen LogP contribution < -0.4 is 10.1 Å². The van der Waals surface area contributed by atoms with E-state index in [4.69, 9.17) is 4.74 Å². The van der Waals surface area contributed by atoms with Crippen molar-refractivity contribution in [3.8, 4) is 5.75 Å². The fraction of sp³-hybridized carbons (Fsp3) is 0.250. The van der Waals surface area contributed by atoms with E-state index in [-0.39, 0.29) is 23.1 Å². The summed E-state index contributed by atoms with van der Waals surface area (Å²) in [5, 5.41) is 2.83. The first-order valence-electron chi connectivity index (χ1n) is 8.40. The molecule has 6 heteroatoms. The number of benzene rings is 2. The lowest BCUT2D eigenvalue weighted by molar-refractivity contribution is -0.132. The summed E-state index contributed by atoms with van der Waals surface area (Å²) in [6.45, 7) is 4.10. The molecular formula is C20H20N2O4. The van der Waals surface area contributed by atoms with Crippen LogP contribution in [0.1, 0.15) is 35.3 Å². The normalized spacial score (nSPS) is 12.9. The molecule has 26 heavy (non-hydrogen) atoms. The Morgan fingerprint density at radius 3 is 2.54 bits per heavy atom. The van der Waals surface area contributed by atoms with Crippen molar-refractivity contribution in [1.29, 1.82) is 0 Å². The molecule has 3 rings (SSSR count). The zero-order valence-electron chi connectivity index (χ0n) is 14.7. The molecule has 0 radical (unpaired) electrons. The third kappa shape index (κ3) is 3.91. The molecule has 1 aliphatic heterocycles. The maximum Gasteiger partial charge on any atom is 0.308 e. The van der Waals surface area contributed by atoms with Gasteiger partial charge in [-0.2, -0.15) is 0 Å². The van der Waals surface area contributed by atoms with Gasteiger partial charge >= 0.3 is 5.97 Å². The minimum absolute atomic E-state index is 0.0420. The highest BCUT2D eigenvalue weighted by atomic mass is 16.5. The second-order valence-electron chi connectivity index (χ2n) is 6.22. The van der Waals surface area contributed by atoms with Crippen LogP contribution >= 0.6 is 0 Å². The van der Waals surface area contributed by atoms with Crippen molar-refractivity contribution >= 4 is 23.5 Å². The molecule has 2 amide bonds. The standard InChI is InChI=1S/C20H20N2O4/c1-13(23)22-10-9-15-7-8-17(11-16(15)12-22)21-20(25)18-5-3-4-6-19(18)26-14(2)24/h3-8,11H,9-10,12H2,1-2H3,(H,21,25). The summed E-state index contributed by atoms with van der Waals surface area (Å²) in [5.74, 6) is -0.581. The molecule has 0 aliphatic carbocycles. The zero-order valence-corrected chi connectivity index (χ0v) is 14.7. The number of para-hydroxylation sites is 1. The highest BCUT2D eigenvalue weighted by Gasteiger charge is 2.19. The number of ether oxygens (including phenoxy) is 1. The van der Waals surface area contributed by atoms with Crippen molar-refractivity contribution in [3.05, 3.63) is 59.2 Å². The molecule has 134 valence electrons. The van der Waals surface area contributed by atoms with Gasteiger partial charge in [0.1, 0.15) is 5.75 Å². The van der Waals surface area contributed by atoms with Crippen molar-refractivity contribution in [2.24, 2.45) is 0 Å². The molecule has 0 saturated heterocycles. The summed E-state index contributed by atoms with van der Waals surface area (Å²) in [6.07, 6.45) is 0.804. The van der Waals surface area contributed by atoms with E-state index in [0.717, 1.165) is 12.0 Å². The van der Waals surface area contributed by atoms with Crippen LogP contribution in [0.4, 0.5) is 5.69 Å². The number of nitrogens with one attached hydrogen (secondary N) is 1. The highest BCUT2D eigenvalue weighted by Crippen LogP contribution is 2.24. The van der Waals surface area contributed by atoms with Crippen LogP contribution in [-0.4, -0.2) is 29.2 Å². The molecule has 2 aromatic carbocycles. The summed E-state index contributed by atoms with van der Waals surface area (Å²) in [4.78, 5) is 37.2. The van der Waals surface area contributed by atoms with Gasteiger partial charge in [-0.1, -0.05) is 18.2 Å². The SMILES string of the molecule is CC(=O)Oc1ccccc1C(=O)Nc1ccc2c(c1)CN(C(C)=O)CC2. The Balaban J connectivity index is 1.80. The fourth-order valence-electron chi connectivity index (χ4n) is 3.00. The van der Waals surface area contributed by atoms with Gasteiger partial charge in [0.05, 0.1) is 5.56 Å². The summed E-state index contributed by atoms with van der Waals surface area (Å²) in [5.41, 5.74) is 3.13. The molecule has 0 atom stereocenters. The van der Waals surface area contributed by atoms with E-state index in [0.29, 0.717) is 18.8 Å². The molecule has 2 aromatic rings. The monoisotopic (exact) mass is 352 g/mol. The summed E-state index contributed by atoms with van der Waals surface area (Å²) in [7, 11) is 0. The minimum Gasteiger partial charge on any atom is -0.426 e. The molecule has 1 heterocycles. The van der Waals surface area contributed by atoms with Gasteiger partial charge in [0.15, 0.2) is 0 Å². The molecule has 0 bridgehead atoms. The van der Waals surface area contributed by atoms with E-state index >= 15 is 0 Å². The number of hydrogen-bond donors (Lipinski definition) is 1. The van der Waals surface area contributed by atoms with Gasteiger partial charge in [0.25, 0.3) is 5.91 Å². The van der Waals surface area contributed by atoms with Crippen LogP contribution in [0.3, 0.4) is 0 Å². The van der Waals surface area contributed by atoms with Crippen molar-refractivity contribution in [3.63, 3.8) is 0 Å². The first-order chi connectivity index (χ1) is 12.4. The van der Waals surface area contributed by atoms with Crippen LogP contribution in [-0.2, 0) is 22.6 Å². The van der Waals surface area contributed by atoms with Gasteiger partial charge in [0.2, 0.25) is 5.91 Å². The summed E-state index contributed by atoms with van der Waals surface area (Å²) in [6, 6.07) is 12.3. The minimum atomic E-state index is -0.483. The number of amides is 2. The number of carbonyl (C=O) groups excluding carboxylic acids is 3. The van der Waals surface area contributed by atoms with E-state index < -0.39 is 5.97 Å². The van der Waals surface area contributed by atoms with Crippen LogP contribution in [0, 0.1) is 0 Å². The van der Waals surface area contributed by atoms with Crippen molar-refractivity contribution in [1.82, 2.24) is 4.90 Å². The quantitative estimate of drug-likeness (QED) is 0.681. The Morgan fingerprint density at radius 1 is 1.04 bits per heavy atom. The third-order valence-corrected chi connectivity index (χ3v) is 4.31. The van der Waals surface area contributed by atoms with E-state index in [1.807, 2.05) is 18.2 Å². The summed E-state index contributed by atoms with van der Waals surface area (Å²) < 4.78 is 5.09. The second kappa shape index (κ2) is 7.39. The van der Waals surface area contributed by atoms with E-state index in [9.17, 15) is 14.4 Å². The maximum absolute atomic E-state index is 12.6. The molecule has 0 spiro atoms. The summed E-state index contributed by atoms with van der Waals surface area (Å²) >= 11 is 0. The van der Waals surface area contributed by atoms with Gasteiger partial charge in [-0.25, -0.2) is 0 Å². The lowest BCUT2D eigenvalue weighted by atomic mass is 9.99. The van der Waals surface area contributed by atoms with Crippen molar-refractivity contribution in [2.45, 2.75) is 26.8 Å². The Bertz CT molecular complexity index is 876. The average Bonchev–Trinajstić information content (AvgIpc) is 2.61. The van der Waals surface area contributed by atoms with E-state index in [1.54, 1.807) is 36.1 Å². The molecule has 1 aliphatic rings. The molecule has 0 fully saturated rings. The largest absolute Gasteiger partial charge is 0.426 e. The van der Waals surface area contributed by atoms with Crippen LogP contribution in [0.25, 0.3) is 0 Å². The van der Waals surface area contributed by atoms with Gasteiger partial charge in [-0.15, -0.1) is 0 Å². The first kappa shape index (κ1) is 17.7. The number of nitrogens with zero attached hydrogens (tertiary/aromatic N) is 1. The number of rotatable bonds is 3. The van der Waals surface area contributed by atoms with Gasteiger partial charge in [-0.3, -0.25) is 14.4 Å². The van der Waals surface area contributed by atoms with Crippen molar-refractivity contribution in [2.75, 3.05) is 11.9 Å².